The number of nitrogens with zero attached hydrogens (tertiary/aromatic N) is 4. The first-order chi connectivity index (χ1) is 10.6. The van der Waals surface area contributed by atoms with Crippen molar-refractivity contribution >= 4 is 29.3 Å². The standard InChI is InChI=1S/C15H13N5S2/c1-9-3-4-10(7-19-9)8-22-15-12(6-17)13(21-2)11(5-16)14(18)20-15/h3-4,7H,8H2,1-2H3,(H2,18,20). The van der Waals surface area contributed by atoms with Crippen LogP contribution in [0.1, 0.15) is 22.4 Å². The molecule has 5 nitrogen and oxygen atoms in total. The van der Waals surface area contributed by atoms with Crippen LogP contribution in [-0.4, -0.2) is 16.2 Å². The van der Waals surface area contributed by atoms with Gasteiger partial charge in [0.2, 0.25) is 0 Å². The van der Waals surface area contributed by atoms with Crippen LogP contribution < -0.4 is 5.73 Å². The smallest absolute Gasteiger partial charge is 0.143 e. The summed E-state index contributed by atoms with van der Waals surface area (Å²) < 4.78 is 0. The van der Waals surface area contributed by atoms with Crippen LogP contribution in [0.4, 0.5) is 5.82 Å². The van der Waals surface area contributed by atoms with Crippen molar-refractivity contribution in [3.8, 4) is 12.1 Å². The number of pyridine rings is 2. The Balaban J connectivity index is 2.35. The maximum atomic E-state index is 9.40. The van der Waals surface area contributed by atoms with Gasteiger partial charge in [0.1, 0.15) is 28.5 Å². The number of nitrogen functional groups attached to an aromatic ring is 1. The average Bonchev–Trinajstić information content (AvgIpc) is 2.53. The highest BCUT2D eigenvalue weighted by Crippen LogP contribution is 2.34. The molecule has 0 unspecified atom stereocenters. The summed E-state index contributed by atoms with van der Waals surface area (Å²) >= 11 is 2.75. The normalized spacial score (nSPS) is 10.0. The summed E-state index contributed by atoms with van der Waals surface area (Å²) in [6.07, 6.45) is 3.62. The zero-order chi connectivity index (χ0) is 16.1. The minimum Gasteiger partial charge on any atom is -0.383 e. The van der Waals surface area contributed by atoms with Gasteiger partial charge in [0, 0.05) is 22.5 Å². The van der Waals surface area contributed by atoms with Gasteiger partial charge < -0.3 is 5.73 Å². The van der Waals surface area contributed by atoms with E-state index in [2.05, 4.69) is 16.0 Å². The second-order valence-electron chi connectivity index (χ2n) is 4.41. The van der Waals surface area contributed by atoms with E-state index in [0.29, 0.717) is 21.2 Å². The van der Waals surface area contributed by atoms with E-state index in [4.69, 9.17) is 11.0 Å². The van der Waals surface area contributed by atoms with Crippen molar-refractivity contribution in [3.63, 3.8) is 0 Å². The van der Waals surface area contributed by atoms with Crippen molar-refractivity contribution in [1.82, 2.24) is 9.97 Å². The van der Waals surface area contributed by atoms with Gasteiger partial charge in [0.05, 0.1) is 5.56 Å². The Morgan fingerprint density at radius 1 is 1.23 bits per heavy atom. The summed E-state index contributed by atoms with van der Waals surface area (Å²) in [6.45, 7) is 1.93. The molecule has 0 radical (unpaired) electrons. The highest BCUT2D eigenvalue weighted by atomic mass is 32.2. The molecule has 0 amide bonds. The Morgan fingerprint density at radius 2 is 1.95 bits per heavy atom. The van der Waals surface area contributed by atoms with Crippen molar-refractivity contribution in [3.05, 3.63) is 40.7 Å². The summed E-state index contributed by atoms with van der Waals surface area (Å²) in [4.78, 5) is 9.05. The van der Waals surface area contributed by atoms with Crippen molar-refractivity contribution in [2.24, 2.45) is 0 Å². The fourth-order valence-electron chi connectivity index (χ4n) is 1.81. The fourth-order valence-corrected chi connectivity index (χ4v) is 3.50. The number of anilines is 1. The molecule has 2 N–H and O–H groups in total. The predicted molar refractivity (Wildman–Crippen MR) is 88.4 cm³/mol. The van der Waals surface area contributed by atoms with Crippen LogP contribution in [0.3, 0.4) is 0 Å². The van der Waals surface area contributed by atoms with Crippen LogP contribution in [0.15, 0.2) is 28.3 Å². The summed E-state index contributed by atoms with van der Waals surface area (Å²) in [5.41, 5.74) is 8.51. The minimum absolute atomic E-state index is 0.162. The van der Waals surface area contributed by atoms with E-state index in [9.17, 15) is 5.26 Å². The molecule has 2 rings (SSSR count). The molecule has 7 heteroatoms. The van der Waals surface area contributed by atoms with Gasteiger partial charge in [-0.3, -0.25) is 4.98 Å². The van der Waals surface area contributed by atoms with Crippen LogP contribution >= 0.6 is 23.5 Å². The second kappa shape index (κ2) is 7.17. The second-order valence-corrected chi connectivity index (χ2v) is 6.19. The van der Waals surface area contributed by atoms with Gasteiger partial charge in [0.15, 0.2) is 0 Å². The molecule has 22 heavy (non-hydrogen) atoms. The lowest BCUT2D eigenvalue weighted by Gasteiger charge is -2.10. The van der Waals surface area contributed by atoms with Crippen molar-refractivity contribution in [1.29, 1.82) is 10.5 Å². The predicted octanol–water partition coefficient (Wildman–Crippen LogP) is 3.12. The van der Waals surface area contributed by atoms with E-state index in [1.807, 2.05) is 31.4 Å². The molecule has 0 aliphatic rings. The number of rotatable bonds is 4. The molecular formula is C15H13N5S2. The minimum atomic E-state index is 0.162. The van der Waals surface area contributed by atoms with Gasteiger partial charge in [0.25, 0.3) is 0 Å². The van der Waals surface area contributed by atoms with Gasteiger partial charge in [-0.05, 0) is 24.8 Å². The fraction of sp³-hybridized carbons (Fsp3) is 0.200. The van der Waals surface area contributed by atoms with Crippen LogP contribution in [0, 0.1) is 29.6 Å². The highest BCUT2D eigenvalue weighted by molar-refractivity contribution is 7.99. The van der Waals surface area contributed by atoms with E-state index >= 15 is 0 Å². The van der Waals surface area contributed by atoms with Gasteiger partial charge in [-0.1, -0.05) is 6.07 Å². The van der Waals surface area contributed by atoms with E-state index < -0.39 is 0 Å². The Bertz CT molecular complexity index is 772. The number of hydrogen-bond donors (Lipinski definition) is 1. The van der Waals surface area contributed by atoms with Crippen LogP contribution in [0.25, 0.3) is 0 Å². The third-order valence-corrected chi connectivity index (χ3v) is 4.79. The molecule has 0 fully saturated rings. The molecule has 110 valence electrons. The molecule has 0 aliphatic carbocycles. The lowest BCUT2D eigenvalue weighted by molar-refractivity contribution is 1.06. The summed E-state index contributed by atoms with van der Waals surface area (Å²) in [7, 11) is 0. The van der Waals surface area contributed by atoms with E-state index in [1.54, 1.807) is 6.20 Å². The number of aryl methyl sites for hydroxylation is 1. The average molecular weight is 327 g/mol. The lowest BCUT2D eigenvalue weighted by atomic mass is 10.2. The first-order valence-electron chi connectivity index (χ1n) is 6.32. The van der Waals surface area contributed by atoms with Crippen LogP contribution in [-0.2, 0) is 5.75 Å². The maximum Gasteiger partial charge on any atom is 0.143 e. The molecule has 0 atom stereocenters. The molecule has 0 saturated carbocycles. The molecule has 0 spiro atoms. The van der Waals surface area contributed by atoms with Gasteiger partial charge >= 0.3 is 0 Å². The molecule has 0 aromatic carbocycles. The summed E-state index contributed by atoms with van der Waals surface area (Å²) in [6, 6.07) is 8.08. The number of nitriles is 2. The molecule has 0 saturated heterocycles. The van der Waals surface area contributed by atoms with Gasteiger partial charge in [-0.25, -0.2) is 4.98 Å². The molecule has 2 heterocycles. The third kappa shape index (κ3) is 3.33. The van der Waals surface area contributed by atoms with Gasteiger partial charge in [-0.15, -0.1) is 23.5 Å². The zero-order valence-corrected chi connectivity index (χ0v) is 13.8. The third-order valence-electron chi connectivity index (χ3n) is 2.92. The van der Waals surface area contributed by atoms with Crippen molar-refractivity contribution in [2.45, 2.75) is 22.6 Å². The van der Waals surface area contributed by atoms with Crippen molar-refractivity contribution < 1.29 is 0 Å². The SMILES string of the molecule is CSc1c(C#N)c(N)nc(SCc2ccc(C)nc2)c1C#N. The summed E-state index contributed by atoms with van der Waals surface area (Å²) in [5.74, 6) is 0.795. The molecule has 0 aliphatic heterocycles. The maximum absolute atomic E-state index is 9.40. The molecular weight excluding hydrogens is 314 g/mol. The first-order valence-corrected chi connectivity index (χ1v) is 8.53. The lowest BCUT2D eigenvalue weighted by Crippen LogP contribution is -2.02. The largest absolute Gasteiger partial charge is 0.383 e. The molecule has 2 aromatic heterocycles. The first kappa shape index (κ1) is 16.2. The van der Waals surface area contributed by atoms with Gasteiger partial charge in [-0.2, -0.15) is 10.5 Å². The highest BCUT2D eigenvalue weighted by Gasteiger charge is 2.18. The molecule has 2 aromatic rings. The molecule has 0 bridgehead atoms. The Kier molecular flexibility index (Phi) is 5.26. The van der Waals surface area contributed by atoms with E-state index in [-0.39, 0.29) is 11.4 Å². The number of aromatic nitrogens is 2. The monoisotopic (exact) mass is 327 g/mol. The van der Waals surface area contributed by atoms with E-state index in [0.717, 1.165) is 11.3 Å². The van der Waals surface area contributed by atoms with Crippen molar-refractivity contribution in [2.75, 3.05) is 12.0 Å². The Morgan fingerprint density at radius 3 is 2.50 bits per heavy atom. The Hall–Kier alpha value is -2.22. The van der Waals surface area contributed by atoms with Crippen LogP contribution in [0.2, 0.25) is 0 Å². The quantitative estimate of drug-likeness (QED) is 0.861. The number of hydrogen-bond acceptors (Lipinski definition) is 7. The summed E-state index contributed by atoms with van der Waals surface area (Å²) in [5, 5.41) is 19.1. The van der Waals surface area contributed by atoms with Crippen LogP contribution in [0.5, 0.6) is 0 Å². The number of thioether (sulfide) groups is 2. The Labute approximate surface area is 137 Å². The van der Waals surface area contributed by atoms with E-state index in [1.165, 1.54) is 23.5 Å². The zero-order valence-electron chi connectivity index (χ0n) is 12.1. The number of nitrogens with two attached hydrogens (primary N) is 1. The topological polar surface area (TPSA) is 99.4 Å².